The highest BCUT2D eigenvalue weighted by Gasteiger charge is 2.37. The number of hydrogen-bond donors (Lipinski definition) is 2. The summed E-state index contributed by atoms with van der Waals surface area (Å²) in [5.41, 5.74) is 2.81. The molecule has 1 fully saturated rings. The highest BCUT2D eigenvalue weighted by Crippen LogP contribution is 2.47. The Morgan fingerprint density at radius 2 is 1.08 bits per heavy atom. The van der Waals surface area contributed by atoms with Gasteiger partial charge < -0.3 is 29.2 Å². The molecule has 2 aromatic rings. The third kappa shape index (κ3) is 8.43. The Bertz CT molecular complexity index is 1040. The molecule has 8 heteroatoms. The van der Waals surface area contributed by atoms with E-state index in [1.807, 2.05) is 24.3 Å². The predicted molar refractivity (Wildman–Crippen MR) is 147 cm³/mol. The van der Waals surface area contributed by atoms with Crippen LogP contribution in [0.15, 0.2) is 72.8 Å². The monoisotopic (exact) mass is 538 g/mol. The van der Waals surface area contributed by atoms with Gasteiger partial charge in [0.15, 0.2) is 0 Å². The number of carbonyl (C=O) groups excluding carboxylic acids is 2. The maximum absolute atomic E-state index is 11.5. The molecule has 0 radical (unpaired) electrons. The smallest absolute Gasteiger partial charge is 0.333 e. The lowest BCUT2D eigenvalue weighted by Crippen LogP contribution is -2.26. The molecule has 39 heavy (non-hydrogen) atoms. The van der Waals surface area contributed by atoms with E-state index >= 15 is 0 Å². The fraction of sp³-hybridized carbons (Fsp3) is 0.419. The van der Waals surface area contributed by atoms with Gasteiger partial charge in [0.05, 0.1) is 0 Å². The van der Waals surface area contributed by atoms with Crippen LogP contribution in [0.4, 0.5) is 0 Å². The third-order valence-electron chi connectivity index (χ3n) is 6.67. The summed E-state index contributed by atoms with van der Waals surface area (Å²) in [6, 6.07) is 15.8. The van der Waals surface area contributed by atoms with Gasteiger partial charge in [-0.05, 0) is 62.1 Å². The molecule has 0 amide bonds. The van der Waals surface area contributed by atoms with Crippen LogP contribution in [-0.2, 0) is 24.5 Å². The summed E-state index contributed by atoms with van der Waals surface area (Å²) in [7, 11) is 0. The number of ether oxygens (including phenoxy) is 4. The van der Waals surface area contributed by atoms with Gasteiger partial charge in [-0.15, -0.1) is 0 Å². The van der Waals surface area contributed by atoms with Crippen LogP contribution in [0.1, 0.15) is 50.7 Å². The highest BCUT2D eigenvalue weighted by atomic mass is 16.6. The van der Waals surface area contributed by atoms with E-state index in [4.69, 9.17) is 18.9 Å². The van der Waals surface area contributed by atoms with Crippen molar-refractivity contribution < 1.29 is 38.7 Å². The molecule has 2 atom stereocenters. The molecule has 0 aliphatic heterocycles. The minimum Gasteiger partial charge on any atom is -0.491 e. The molecule has 1 saturated carbocycles. The number of hydrogen-bond acceptors (Lipinski definition) is 8. The lowest BCUT2D eigenvalue weighted by Gasteiger charge is -2.31. The van der Waals surface area contributed by atoms with E-state index in [9.17, 15) is 19.8 Å². The Labute approximate surface area is 229 Å². The minimum absolute atomic E-state index is 0.000445. The van der Waals surface area contributed by atoms with Gasteiger partial charge >= 0.3 is 11.9 Å². The molecule has 2 N–H and O–H groups in total. The van der Waals surface area contributed by atoms with Crippen LogP contribution in [0.3, 0.4) is 0 Å². The summed E-state index contributed by atoms with van der Waals surface area (Å²) >= 11 is 0. The highest BCUT2D eigenvalue weighted by molar-refractivity contribution is 5.87. The van der Waals surface area contributed by atoms with Crippen molar-refractivity contribution >= 4 is 11.9 Å². The average molecular weight is 539 g/mol. The van der Waals surface area contributed by atoms with Crippen LogP contribution < -0.4 is 9.47 Å². The quantitative estimate of drug-likeness (QED) is 0.271. The molecule has 0 bridgehead atoms. The van der Waals surface area contributed by atoms with E-state index in [0.29, 0.717) is 11.5 Å². The Hall–Kier alpha value is -3.62. The van der Waals surface area contributed by atoms with Gasteiger partial charge in [-0.25, -0.2) is 9.59 Å². The molecular weight excluding hydrogens is 500 g/mol. The molecule has 1 aliphatic rings. The zero-order chi connectivity index (χ0) is 28.4. The molecule has 0 aromatic heterocycles. The molecule has 2 unspecified atom stereocenters. The van der Waals surface area contributed by atoms with Gasteiger partial charge in [0.2, 0.25) is 0 Å². The number of aliphatic hydroxyl groups is 2. The van der Waals surface area contributed by atoms with Gasteiger partial charge in [0.25, 0.3) is 0 Å². The fourth-order valence-corrected chi connectivity index (χ4v) is 4.53. The largest absolute Gasteiger partial charge is 0.491 e. The lowest BCUT2D eigenvalue weighted by molar-refractivity contribution is -0.143. The molecule has 0 heterocycles. The lowest BCUT2D eigenvalue weighted by atomic mass is 9.73. The third-order valence-corrected chi connectivity index (χ3v) is 6.67. The first-order chi connectivity index (χ1) is 18.6. The molecule has 3 rings (SSSR count). The van der Waals surface area contributed by atoms with Crippen molar-refractivity contribution in [3.63, 3.8) is 0 Å². The fourth-order valence-electron chi connectivity index (χ4n) is 4.53. The van der Waals surface area contributed by atoms with Gasteiger partial charge in [-0.1, -0.05) is 50.3 Å². The second-order valence-corrected chi connectivity index (χ2v) is 10.0. The standard InChI is InChI=1S/C31H38O8/c1-21(2)29(34)38-19-25(32)17-36-27-11-7-23(8-12-27)31(15-5-6-16-31)24-9-13-28(14-10-24)37-18-26(33)20-39-30(35)22(3)4/h7-14,25-26,32-33H,1,3,5-6,15-20H2,2,4H3. The summed E-state index contributed by atoms with van der Waals surface area (Å²) in [5, 5.41) is 20.1. The Morgan fingerprint density at radius 1 is 0.718 bits per heavy atom. The first-order valence-corrected chi connectivity index (χ1v) is 13.1. The van der Waals surface area contributed by atoms with Crippen LogP contribution in [-0.4, -0.2) is 60.8 Å². The van der Waals surface area contributed by atoms with E-state index in [2.05, 4.69) is 37.4 Å². The number of benzene rings is 2. The molecule has 210 valence electrons. The van der Waals surface area contributed by atoms with Crippen molar-refractivity contribution in [2.75, 3.05) is 26.4 Å². The Morgan fingerprint density at radius 3 is 1.41 bits per heavy atom. The van der Waals surface area contributed by atoms with Crippen molar-refractivity contribution in [1.29, 1.82) is 0 Å². The number of rotatable bonds is 14. The van der Waals surface area contributed by atoms with Gasteiger partial charge in [-0.3, -0.25) is 0 Å². The van der Waals surface area contributed by atoms with Crippen molar-refractivity contribution in [1.82, 2.24) is 0 Å². The normalized spacial score (nSPS) is 15.6. The van der Waals surface area contributed by atoms with Crippen LogP contribution in [0.25, 0.3) is 0 Å². The van der Waals surface area contributed by atoms with E-state index < -0.39 is 24.1 Å². The summed E-state index contributed by atoms with van der Waals surface area (Å²) < 4.78 is 21.3. The van der Waals surface area contributed by atoms with Crippen molar-refractivity contribution in [2.45, 2.75) is 57.2 Å². The second-order valence-electron chi connectivity index (χ2n) is 10.0. The maximum Gasteiger partial charge on any atom is 0.333 e. The first-order valence-electron chi connectivity index (χ1n) is 13.1. The van der Waals surface area contributed by atoms with Crippen molar-refractivity contribution in [2.24, 2.45) is 0 Å². The van der Waals surface area contributed by atoms with E-state index in [1.165, 1.54) is 11.1 Å². The van der Waals surface area contributed by atoms with Gasteiger partial charge in [0.1, 0.15) is 50.1 Å². The first kappa shape index (κ1) is 29.9. The minimum atomic E-state index is -0.942. The second kappa shape index (κ2) is 14.0. The summed E-state index contributed by atoms with van der Waals surface area (Å²) in [6.07, 6.45) is 2.41. The molecule has 8 nitrogen and oxygen atoms in total. The van der Waals surface area contributed by atoms with Gasteiger partial charge in [0, 0.05) is 16.6 Å². The number of carbonyl (C=O) groups is 2. The topological polar surface area (TPSA) is 112 Å². The Balaban J connectivity index is 1.57. The number of esters is 2. The van der Waals surface area contributed by atoms with E-state index in [-0.39, 0.29) is 43.0 Å². The predicted octanol–water partition coefficient (Wildman–Crippen LogP) is 4.26. The average Bonchev–Trinajstić information content (AvgIpc) is 3.44. The zero-order valence-electron chi connectivity index (χ0n) is 22.7. The summed E-state index contributed by atoms with van der Waals surface area (Å²) in [5.74, 6) is 0.153. The van der Waals surface area contributed by atoms with Crippen molar-refractivity contribution in [3.05, 3.63) is 84.0 Å². The number of aliphatic hydroxyl groups excluding tert-OH is 2. The molecule has 2 aromatic carbocycles. The molecule has 0 spiro atoms. The maximum atomic E-state index is 11.5. The van der Waals surface area contributed by atoms with Crippen LogP contribution in [0, 0.1) is 0 Å². The van der Waals surface area contributed by atoms with Crippen LogP contribution >= 0.6 is 0 Å². The molecule has 0 saturated heterocycles. The zero-order valence-corrected chi connectivity index (χ0v) is 22.7. The van der Waals surface area contributed by atoms with E-state index in [0.717, 1.165) is 25.7 Å². The molecular formula is C31H38O8. The Kier molecular flexibility index (Phi) is 10.7. The van der Waals surface area contributed by atoms with E-state index in [1.54, 1.807) is 13.8 Å². The van der Waals surface area contributed by atoms with Crippen LogP contribution in [0.5, 0.6) is 11.5 Å². The molecule has 1 aliphatic carbocycles. The van der Waals surface area contributed by atoms with Crippen molar-refractivity contribution in [3.8, 4) is 11.5 Å². The SMILES string of the molecule is C=C(C)C(=O)OCC(O)COc1ccc(C2(c3ccc(OCC(O)COC(=O)C(=C)C)cc3)CCCC2)cc1. The van der Waals surface area contributed by atoms with Crippen LogP contribution in [0.2, 0.25) is 0 Å². The summed E-state index contributed by atoms with van der Waals surface area (Å²) in [6.45, 7) is 9.80. The summed E-state index contributed by atoms with van der Waals surface area (Å²) in [4.78, 5) is 22.9. The van der Waals surface area contributed by atoms with Gasteiger partial charge in [-0.2, -0.15) is 0 Å².